The van der Waals surface area contributed by atoms with Crippen LogP contribution in [0.3, 0.4) is 0 Å². The van der Waals surface area contributed by atoms with Crippen LogP contribution in [0.4, 0.5) is 16.2 Å². The molecule has 2 heterocycles. The summed E-state index contributed by atoms with van der Waals surface area (Å²) in [4.78, 5) is 17.5. The first-order valence-corrected chi connectivity index (χ1v) is 11.6. The predicted molar refractivity (Wildman–Crippen MR) is 128 cm³/mol. The predicted octanol–water partition coefficient (Wildman–Crippen LogP) is 4.14. The third kappa shape index (κ3) is 5.46. The number of amides is 2. The van der Waals surface area contributed by atoms with E-state index in [0.29, 0.717) is 30.5 Å². The number of nitrogens with zero attached hydrogens (tertiary/aromatic N) is 2. The van der Waals surface area contributed by atoms with Crippen LogP contribution < -0.4 is 20.3 Å². The van der Waals surface area contributed by atoms with Crippen molar-refractivity contribution < 1.29 is 14.3 Å². The number of hydrogen-bond donors (Lipinski definition) is 2. The summed E-state index contributed by atoms with van der Waals surface area (Å²) in [7, 11) is 1.69. The molecular weight excluding hydrogens is 428 g/mol. The number of nitrogens with one attached hydrogen (secondary N) is 2. The summed E-state index contributed by atoms with van der Waals surface area (Å²) in [5.74, 6) is 0.844. The number of para-hydroxylation sites is 1. The molecule has 0 bridgehead atoms. The van der Waals surface area contributed by atoms with E-state index in [1.54, 1.807) is 13.2 Å². The van der Waals surface area contributed by atoms with Gasteiger partial charge >= 0.3 is 6.03 Å². The second kappa shape index (κ2) is 10.9. The highest BCUT2D eigenvalue weighted by molar-refractivity contribution is 6.31. The van der Waals surface area contributed by atoms with Crippen LogP contribution in [0.5, 0.6) is 5.75 Å². The van der Waals surface area contributed by atoms with Crippen molar-refractivity contribution >= 4 is 29.0 Å². The third-order valence-electron chi connectivity index (χ3n) is 6.09. The van der Waals surface area contributed by atoms with E-state index < -0.39 is 0 Å². The van der Waals surface area contributed by atoms with Gasteiger partial charge in [0.2, 0.25) is 0 Å². The number of carbonyl (C=O) groups is 1. The van der Waals surface area contributed by atoms with Gasteiger partial charge in [-0.3, -0.25) is 4.90 Å². The van der Waals surface area contributed by atoms with Gasteiger partial charge in [-0.05, 0) is 50.2 Å². The first kappa shape index (κ1) is 22.7. The highest BCUT2D eigenvalue weighted by Gasteiger charge is 2.26. The lowest BCUT2D eigenvalue weighted by atomic mass is 10.0. The molecule has 2 aromatic carbocycles. The summed E-state index contributed by atoms with van der Waals surface area (Å²) in [6.07, 6.45) is 2.34. The molecule has 2 aliphatic rings. The Balaban J connectivity index is 1.46. The van der Waals surface area contributed by atoms with Crippen molar-refractivity contribution in [1.29, 1.82) is 0 Å². The zero-order chi connectivity index (χ0) is 22.3. The van der Waals surface area contributed by atoms with Crippen LogP contribution in [0.1, 0.15) is 24.4 Å². The SMILES string of the molecule is COc1ccccc1C(CNC(=O)Nc1cc(Cl)ccc1N1CCOCC1)N1CCCC1. The van der Waals surface area contributed by atoms with Crippen LogP contribution in [0.2, 0.25) is 5.02 Å². The standard InChI is InChI=1S/C24H31ClN4O3/c1-31-23-7-3-2-6-19(23)22(28-10-4-5-11-28)17-26-24(30)27-20-16-18(25)8-9-21(20)29-12-14-32-15-13-29/h2-3,6-9,16,22H,4-5,10-15,17H2,1H3,(H2,26,27,30). The van der Waals surface area contributed by atoms with Crippen LogP contribution in [-0.2, 0) is 4.74 Å². The normalized spacial score (nSPS) is 17.8. The molecule has 1 atom stereocenters. The zero-order valence-electron chi connectivity index (χ0n) is 18.5. The van der Waals surface area contributed by atoms with Crippen molar-refractivity contribution in [2.45, 2.75) is 18.9 Å². The Kier molecular flexibility index (Phi) is 7.73. The van der Waals surface area contributed by atoms with Crippen LogP contribution in [-0.4, -0.2) is 64.0 Å². The molecular formula is C24H31ClN4O3. The van der Waals surface area contributed by atoms with E-state index in [1.807, 2.05) is 30.3 Å². The molecule has 8 heteroatoms. The number of benzene rings is 2. The van der Waals surface area contributed by atoms with Crippen molar-refractivity contribution in [3.8, 4) is 5.75 Å². The molecule has 2 fully saturated rings. The molecule has 2 saturated heterocycles. The molecule has 7 nitrogen and oxygen atoms in total. The van der Waals surface area contributed by atoms with Crippen LogP contribution in [0, 0.1) is 0 Å². The fourth-order valence-corrected chi connectivity index (χ4v) is 4.65. The first-order valence-electron chi connectivity index (χ1n) is 11.2. The summed E-state index contributed by atoms with van der Waals surface area (Å²) in [6, 6.07) is 13.4. The molecule has 4 rings (SSSR count). The van der Waals surface area contributed by atoms with Gasteiger partial charge in [0.15, 0.2) is 0 Å². The number of carbonyl (C=O) groups excluding carboxylic acids is 1. The smallest absolute Gasteiger partial charge is 0.319 e. The molecule has 172 valence electrons. The van der Waals surface area contributed by atoms with Crippen LogP contribution in [0.25, 0.3) is 0 Å². The summed E-state index contributed by atoms with van der Waals surface area (Å²) < 4.78 is 11.1. The number of anilines is 2. The van der Waals surface area contributed by atoms with Gasteiger partial charge in [0.1, 0.15) is 5.75 Å². The lowest BCUT2D eigenvalue weighted by Gasteiger charge is -2.31. The Morgan fingerprint density at radius 1 is 1.12 bits per heavy atom. The highest BCUT2D eigenvalue weighted by Crippen LogP contribution is 2.32. The molecule has 0 aliphatic carbocycles. The average molecular weight is 459 g/mol. The largest absolute Gasteiger partial charge is 0.496 e. The number of likely N-dealkylation sites (tertiary alicyclic amines) is 1. The van der Waals surface area contributed by atoms with Crippen LogP contribution in [0.15, 0.2) is 42.5 Å². The van der Waals surface area contributed by atoms with Crippen molar-refractivity contribution in [2.24, 2.45) is 0 Å². The van der Waals surface area contributed by atoms with Crippen LogP contribution >= 0.6 is 11.6 Å². The summed E-state index contributed by atoms with van der Waals surface area (Å²) in [5, 5.41) is 6.67. The maximum atomic E-state index is 12.9. The molecule has 0 radical (unpaired) electrons. The quantitative estimate of drug-likeness (QED) is 0.652. The van der Waals surface area contributed by atoms with E-state index in [9.17, 15) is 4.79 Å². The topological polar surface area (TPSA) is 66.1 Å². The van der Waals surface area contributed by atoms with Gasteiger partial charge in [0.05, 0.1) is 37.7 Å². The van der Waals surface area contributed by atoms with E-state index >= 15 is 0 Å². The maximum absolute atomic E-state index is 12.9. The van der Waals surface area contributed by atoms with Gasteiger partial charge < -0.3 is 25.0 Å². The number of methoxy groups -OCH3 is 1. The van der Waals surface area contributed by atoms with Crippen molar-refractivity contribution in [3.63, 3.8) is 0 Å². The van der Waals surface area contributed by atoms with E-state index in [2.05, 4.69) is 26.5 Å². The number of morpholine rings is 1. The molecule has 1 unspecified atom stereocenters. The highest BCUT2D eigenvalue weighted by atomic mass is 35.5. The monoisotopic (exact) mass is 458 g/mol. The summed E-state index contributed by atoms with van der Waals surface area (Å²) in [6.45, 7) is 5.42. The molecule has 2 aromatic rings. The number of halogens is 1. The fraction of sp³-hybridized carbons (Fsp3) is 0.458. The maximum Gasteiger partial charge on any atom is 0.319 e. The van der Waals surface area contributed by atoms with E-state index in [1.165, 1.54) is 12.8 Å². The van der Waals surface area contributed by atoms with Gasteiger partial charge in [0.25, 0.3) is 0 Å². The van der Waals surface area contributed by atoms with Gasteiger partial charge in [-0.15, -0.1) is 0 Å². The van der Waals surface area contributed by atoms with E-state index in [4.69, 9.17) is 21.1 Å². The first-order chi connectivity index (χ1) is 15.7. The zero-order valence-corrected chi connectivity index (χ0v) is 19.2. The lowest BCUT2D eigenvalue weighted by molar-refractivity contribution is 0.123. The lowest BCUT2D eigenvalue weighted by Crippen LogP contribution is -2.39. The Hall–Kier alpha value is -2.48. The number of hydrogen-bond acceptors (Lipinski definition) is 5. The Morgan fingerprint density at radius 3 is 2.62 bits per heavy atom. The van der Waals surface area contributed by atoms with E-state index in [-0.39, 0.29) is 12.1 Å². The molecule has 2 N–H and O–H groups in total. The molecule has 0 spiro atoms. The van der Waals surface area contributed by atoms with Gasteiger partial charge in [-0.2, -0.15) is 0 Å². The number of urea groups is 1. The van der Waals surface area contributed by atoms with Crippen molar-refractivity contribution in [2.75, 3.05) is 63.3 Å². The van der Waals surface area contributed by atoms with Crippen molar-refractivity contribution in [3.05, 3.63) is 53.1 Å². The Labute approximate surface area is 194 Å². The van der Waals surface area contributed by atoms with Crippen molar-refractivity contribution in [1.82, 2.24) is 10.2 Å². The minimum absolute atomic E-state index is 0.0532. The van der Waals surface area contributed by atoms with E-state index in [0.717, 1.165) is 43.2 Å². The molecule has 32 heavy (non-hydrogen) atoms. The summed E-state index contributed by atoms with van der Waals surface area (Å²) >= 11 is 6.23. The third-order valence-corrected chi connectivity index (χ3v) is 6.33. The second-order valence-electron chi connectivity index (χ2n) is 8.10. The van der Waals surface area contributed by atoms with Gasteiger partial charge in [0, 0.05) is 30.2 Å². The van der Waals surface area contributed by atoms with Gasteiger partial charge in [-0.25, -0.2) is 4.79 Å². The fourth-order valence-electron chi connectivity index (χ4n) is 4.48. The average Bonchev–Trinajstić information content (AvgIpc) is 3.35. The van der Waals surface area contributed by atoms with Gasteiger partial charge in [-0.1, -0.05) is 29.8 Å². The molecule has 0 aromatic heterocycles. The Bertz CT molecular complexity index is 914. The minimum Gasteiger partial charge on any atom is -0.496 e. The molecule has 2 amide bonds. The molecule has 0 saturated carbocycles. The second-order valence-corrected chi connectivity index (χ2v) is 8.53. The summed E-state index contributed by atoms with van der Waals surface area (Å²) in [5.41, 5.74) is 2.74. The number of ether oxygens (including phenoxy) is 2. The number of rotatable bonds is 7. The minimum atomic E-state index is -0.249. The molecule has 2 aliphatic heterocycles. The Morgan fingerprint density at radius 2 is 1.88 bits per heavy atom.